The van der Waals surface area contributed by atoms with Crippen molar-refractivity contribution in [3.63, 3.8) is 0 Å². The van der Waals surface area contributed by atoms with Crippen molar-refractivity contribution in [2.45, 2.75) is 44.5 Å². The Bertz CT molecular complexity index is 857. The summed E-state index contributed by atoms with van der Waals surface area (Å²) < 4.78 is 6.30. The number of aliphatic hydroxyl groups excluding tert-OH is 4. The molecule has 0 saturated carbocycles. The van der Waals surface area contributed by atoms with Gasteiger partial charge in [-0.25, -0.2) is 0 Å². The third-order valence-electron chi connectivity index (χ3n) is 4.34. The first kappa shape index (κ1) is 26.9. The normalized spacial score (nSPS) is 25.6. The van der Waals surface area contributed by atoms with E-state index in [0.717, 1.165) is 0 Å². The average molecular weight is 775 g/mol. The fourth-order valence-corrected chi connectivity index (χ4v) is 7.11. The maximum absolute atomic E-state index is 13.1. The third-order valence-corrected chi connectivity index (χ3v) is 7.58. The summed E-state index contributed by atoms with van der Waals surface area (Å²) in [5, 5.41) is 47.4. The van der Waals surface area contributed by atoms with E-state index in [-0.39, 0.29) is 17.4 Å². The zero-order valence-electron chi connectivity index (χ0n) is 16.1. The van der Waals surface area contributed by atoms with Gasteiger partial charge in [-0.15, -0.1) is 0 Å². The molecule has 2 rings (SSSR count). The van der Waals surface area contributed by atoms with Gasteiger partial charge in [0, 0.05) is 13.8 Å². The standard InChI is InChI=1S/C17H20I3N3O8/c1-4(25)21-11-8(18)7(9(19)12(10(11)20)22-5(2)26)16(29)23-13-15(28)14(27)6(3-24)31-17(13)30/h6,13-15,17,24,27-28,30H,3H2,1-2H3,(H,21,25)(H,22,26)(H,23,29)/t6-,13-,14-,15-,17?/m1/s1. The number of hydrogen-bond donors (Lipinski definition) is 7. The van der Waals surface area contributed by atoms with E-state index in [9.17, 15) is 34.8 Å². The van der Waals surface area contributed by atoms with Gasteiger partial charge in [0.1, 0.15) is 24.4 Å². The molecular formula is C17H20I3N3O8. The minimum absolute atomic E-state index is 0.0762. The number of benzene rings is 1. The van der Waals surface area contributed by atoms with Crippen LogP contribution in [0.2, 0.25) is 0 Å². The van der Waals surface area contributed by atoms with Gasteiger partial charge in [0.2, 0.25) is 11.8 Å². The summed E-state index contributed by atoms with van der Waals surface area (Å²) in [4.78, 5) is 36.5. The molecule has 1 aromatic carbocycles. The number of rotatable bonds is 5. The molecular weight excluding hydrogens is 755 g/mol. The van der Waals surface area contributed by atoms with Crippen molar-refractivity contribution in [3.05, 3.63) is 16.3 Å². The number of aliphatic hydroxyl groups is 4. The van der Waals surface area contributed by atoms with Gasteiger partial charge in [-0.2, -0.15) is 0 Å². The highest BCUT2D eigenvalue weighted by atomic mass is 127. The van der Waals surface area contributed by atoms with Crippen LogP contribution in [0.5, 0.6) is 0 Å². The molecule has 14 heteroatoms. The van der Waals surface area contributed by atoms with E-state index in [1.54, 1.807) is 0 Å². The summed E-state index contributed by atoms with van der Waals surface area (Å²) in [6.07, 6.45) is -6.06. The quantitative estimate of drug-likeness (QED) is 0.204. The van der Waals surface area contributed by atoms with Crippen LogP contribution in [0.15, 0.2) is 0 Å². The molecule has 5 atom stereocenters. The maximum atomic E-state index is 13.1. The van der Waals surface area contributed by atoms with Gasteiger partial charge < -0.3 is 41.1 Å². The van der Waals surface area contributed by atoms with Crippen molar-refractivity contribution in [1.82, 2.24) is 5.32 Å². The van der Waals surface area contributed by atoms with Gasteiger partial charge in [-0.05, 0) is 67.8 Å². The average Bonchev–Trinajstić information content (AvgIpc) is 2.68. The Kier molecular flexibility index (Phi) is 9.68. The molecule has 7 N–H and O–H groups in total. The van der Waals surface area contributed by atoms with Crippen LogP contribution < -0.4 is 16.0 Å². The van der Waals surface area contributed by atoms with Crippen LogP contribution in [-0.2, 0) is 14.3 Å². The Morgan fingerprint density at radius 3 is 1.81 bits per heavy atom. The summed E-state index contributed by atoms with van der Waals surface area (Å²) in [5.74, 6) is -1.52. The van der Waals surface area contributed by atoms with Crippen LogP contribution in [0, 0.1) is 10.7 Å². The van der Waals surface area contributed by atoms with E-state index < -0.39 is 43.2 Å². The lowest BCUT2D eigenvalue weighted by molar-refractivity contribution is -0.252. The second-order valence-corrected chi connectivity index (χ2v) is 9.89. The zero-order chi connectivity index (χ0) is 23.6. The number of anilines is 2. The molecule has 1 aliphatic heterocycles. The Hall–Kier alpha value is -0.380. The first-order chi connectivity index (χ1) is 14.4. The lowest BCUT2D eigenvalue weighted by atomic mass is 9.96. The summed E-state index contributed by atoms with van der Waals surface area (Å²) in [6, 6.07) is -1.40. The molecule has 3 amide bonds. The molecule has 11 nitrogen and oxygen atoms in total. The highest BCUT2D eigenvalue weighted by Gasteiger charge is 2.44. The van der Waals surface area contributed by atoms with Gasteiger partial charge in [0.15, 0.2) is 6.29 Å². The fourth-order valence-electron chi connectivity index (χ4n) is 2.91. The van der Waals surface area contributed by atoms with Gasteiger partial charge in [0.25, 0.3) is 5.91 Å². The molecule has 0 spiro atoms. The van der Waals surface area contributed by atoms with E-state index >= 15 is 0 Å². The molecule has 172 valence electrons. The van der Waals surface area contributed by atoms with Gasteiger partial charge in [-0.3, -0.25) is 14.4 Å². The number of hydrogen-bond acceptors (Lipinski definition) is 8. The minimum Gasteiger partial charge on any atom is -0.394 e. The molecule has 0 aromatic heterocycles. The maximum Gasteiger partial charge on any atom is 0.254 e. The summed E-state index contributed by atoms with van der Waals surface area (Å²) in [5.41, 5.74) is 0.695. The first-order valence-electron chi connectivity index (χ1n) is 8.77. The van der Waals surface area contributed by atoms with E-state index in [0.29, 0.717) is 22.1 Å². The molecule has 1 fully saturated rings. The molecule has 0 bridgehead atoms. The number of ether oxygens (including phenoxy) is 1. The van der Waals surface area contributed by atoms with Gasteiger partial charge >= 0.3 is 0 Å². The molecule has 1 unspecified atom stereocenters. The summed E-state index contributed by atoms with van der Waals surface area (Å²) >= 11 is 5.69. The SMILES string of the molecule is CC(=O)Nc1c(I)c(NC(C)=O)c(I)c(C(=O)N[C@H]2C(O)O[C@H](CO)[C@@H](O)[C@@H]2O)c1I. The van der Waals surface area contributed by atoms with Crippen LogP contribution in [0.4, 0.5) is 11.4 Å². The molecule has 1 aromatic rings. The highest BCUT2D eigenvalue weighted by molar-refractivity contribution is 14.1. The number of amides is 3. The van der Waals surface area contributed by atoms with Crippen LogP contribution in [0.25, 0.3) is 0 Å². The summed E-state index contributed by atoms with van der Waals surface area (Å²) in [6.45, 7) is 1.96. The zero-order valence-corrected chi connectivity index (χ0v) is 22.6. The molecule has 1 saturated heterocycles. The molecule has 0 radical (unpaired) electrons. The van der Waals surface area contributed by atoms with Crippen LogP contribution in [0.3, 0.4) is 0 Å². The topological polar surface area (TPSA) is 177 Å². The largest absolute Gasteiger partial charge is 0.394 e. The van der Waals surface area contributed by atoms with Crippen molar-refractivity contribution in [3.8, 4) is 0 Å². The summed E-state index contributed by atoms with van der Waals surface area (Å²) in [7, 11) is 0. The van der Waals surface area contributed by atoms with E-state index in [2.05, 4.69) is 16.0 Å². The van der Waals surface area contributed by atoms with E-state index in [4.69, 9.17) is 4.74 Å². The Balaban J connectivity index is 2.50. The smallest absolute Gasteiger partial charge is 0.254 e. The lowest BCUT2D eigenvalue weighted by Crippen LogP contribution is -2.64. The van der Waals surface area contributed by atoms with Crippen LogP contribution >= 0.6 is 67.8 Å². The predicted octanol–water partition coefficient (Wildman–Crippen LogP) is -0.0531. The third kappa shape index (κ3) is 5.95. The molecule has 1 heterocycles. The van der Waals surface area contributed by atoms with Crippen molar-refractivity contribution < 1.29 is 39.5 Å². The van der Waals surface area contributed by atoms with E-state index in [1.807, 2.05) is 67.8 Å². The molecule has 0 aliphatic carbocycles. The van der Waals surface area contributed by atoms with Crippen molar-refractivity contribution in [1.29, 1.82) is 0 Å². The molecule has 31 heavy (non-hydrogen) atoms. The monoisotopic (exact) mass is 775 g/mol. The fraction of sp³-hybridized carbons (Fsp3) is 0.471. The van der Waals surface area contributed by atoms with Crippen molar-refractivity contribution >= 4 is 96.9 Å². The van der Waals surface area contributed by atoms with E-state index in [1.165, 1.54) is 13.8 Å². The van der Waals surface area contributed by atoms with Crippen molar-refractivity contribution in [2.24, 2.45) is 0 Å². The van der Waals surface area contributed by atoms with Gasteiger partial charge in [-0.1, -0.05) is 0 Å². The Morgan fingerprint density at radius 1 is 0.903 bits per heavy atom. The number of carbonyl (C=O) groups excluding carboxylic acids is 3. The molecule has 1 aliphatic rings. The second kappa shape index (κ2) is 11.2. The van der Waals surface area contributed by atoms with Crippen LogP contribution in [0.1, 0.15) is 24.2 Å². The highest BCUT2D eigenvalue weighted by Crippen LogP contribution is 2.39. The van der Waals surface area contributed by atoms with Crippen molar-refractivity contribution in [2.75, 3.05) is 17.2 Å². The Labute approximate surface area is 218 Å². The number of carbonyl (C=O) groups is 3. The van der Waals surface area contributed by atoms with Crippen LogP contribution in [-0.4, -0.2) is 75.4 Å². The minimum atomic E-state index is -1.69. The second-order valence-electron chi connectivity index (χ2n) is 6.66. The number of halogens is 3. The predicted molar refractivity (Wildman–Crippen MR) is 134 cm³/mol. The Morgan fingerprint density at radius 2 is 1.39 bits per heavy atom. The lowest BCUT2D eigenvalue weighted by Gasteiger charge is -2.40. The van der Waals surface area contributed by atoms with Gasteiger partial charge in [0.05, 0.1) is 34.3 Å². The number of nitrogens with one attached hydrogen (secondary N) is 3. The first-order valence-corrected chi connectivity index (χ1v) is 12.0.